The Kier molecular flexibility index (Phi) is 8.20. The smallest absolute Gasteiger partial charge is 0.232 e. The second-order valence-electron chi connectivity index (χ2n) is 6.98. The van der Waals surface area contributed by atoms with Gasteiger partial charge >= 0.3 is 0 Å². The van der Waals surface area contributed by atoms with Crippen LogP contribution in [0.25, 0.3) is 0 Å². The molecule has 5 nitrogen and oxygen atoms in total. The molecule has 0 aliphatic carbocycles. The van der Waals surface area contributed by atoms with E-state index in [9.17, 15) is 17.6 Å². The van der Waals surface area contributed by atoms with Gasteiger partial charge in [0.25, 0.3) is 0 Å². The van der Waals surface area contributed by atoms with Crippen molar-refractivity contribution in [1.82, 2.24) is 5.32 Å². The number of nitrogens with one attached hydrogen (secondary N) is 1. The van der Waals surface area contributed by atoms with Crippen molar-refractivity contribution in [2.24, 2.45) is 0 Å². The largest absolute Gasteiger partial charge is 0.352 e. The van der Waals surface area contributed by atoms with Gasteiger partial charge < -0.3 is 5.32 Å². The Balaban J connectivity index is 1.94. The number of amides is 1. The first-order valence-corrected chi connectivity index (χ1v) is 11.7. The van der Waals surface area contributed by atoms with Gasteiger partial charge in [0.1, 0.15) is 5.82 Å². The highest BCUT2D eigenvalue weighted by molar-refractivity contribution is 7.92. The molecular weight excluding hydrogens is 391 g/mol. The Morgan fingerprint density at radius 1 is 1.07 bits per heavy atom. The number of benzene rings is 2. The van der Waals surface area contributed by atoms with Gasteiger partial charge in [-0.15, -0.1) is 0 Å². The van der Waals surface area contributed by atoms with E-state index in [2.05, 4.69) is 37.4 Å². The minimum absolute atomic E-state index is 0.000577. The lowest BCUT2D eigenvalue weighted by molar-refractivity contribution is -0.121. The number of halogens is 1. The summed E-state index contributed by atoms with van der Waals surface area (Å²) in [7, 11) is -3.65. The van der Waals surface area contributed by atoms with Crippen LogP contribution in [-0.2, 0) is 34.2 Å². The fourth-order valence-corrected chi connectivity index (χ4v) is 4.16. The van der Waals surface area contributed by atoms with Crippen LogP contribution in [0.3, 0.4) is 0 Å². The van der Waals surface area contributed by atoms with Gasteiger partial charge in [-0.1, -0.05) is 44.2 Å². The van der Waals surface area contributed by atoms with Crippen molar-refractivity contribution in [2.75, 3.05) is 17.1 Å². The fourth-order valence-electron chi connectivity index (χ4n) is 3.19. The molecule has 2 aromatic rings. The molecule has 0 radical (unpaired) electrons. The van der Waals surface area contributed by atoms with Crippen molar-refractivity contribution in [1.29, 1.82) is 0 Å². The molecule has 0 spiro atoms. The molecule has 0 bridgehead atoms. The van der Waals surface area contributed by atoms with Crippen LogP contribution in [0, 0.1) is 5.82 Å². The van der Waals surface area contributed by atoms with Crippen LogP contribution in [0.2, 0.25) is 0 Å². The van der Waals surface area contributed by atoms with E-state index < -0.39 is 15.8 Å². The molecule has 0 atom stereocenters. The van der Waals surface area contributed by atoms with Crippen LogP contribution in [0.4, 0.5) is 10.1 Å². The summed E-state index contributed by atoms with van der Waals surface area (Å²) >= 11 is 0. The summed E-state index contributed by atoms with van der Waals surface area (Å²) in [4.78, 5) is 12.3. The zero-order chi connectivity index (χ0) is 21.4. The van der Waals surface area contributed by atoms with E-state index in [1.54, 1.807) is 6.07 Å². The maximum absolute atomic E-state index is 14.0. The standard InChI is InChI=1S/C22H29FN2O3S/c1-4-17-12-13-18(5-2)19(15-17)16-24-22(26)11-8-14-25(29(3,27)28)21-10-7-6-9-20(21)23/h6-7,9-10,12-13,15H,4-5,8,11,14,16H2,1-3H3,(H,24,26). The number of carbonyl (C=O) groups is 1. The normalized spacial score (nSPS) is 11.3. The number of carbonyl (C=O) groups excluding carboxylic acids is 1. The predicted octanol–water partition coefficient (Wildman–Crippen LogP) is 3.81. The van der Waals surface area contributed by atoms with Crippen molar-refractivity contribution in [3.63, 3.8) is 0 Å². The molecule has 0 saturated heterocycles. The second kappa shape index (κ2) is 10.4. The Morgan fingerprint density at radius 2 is 1.79 bits per heavy atom. The van der Waals surface area contributed by atoms with E-state index in [-0.39, 0.29) is 24.6 Å². The van der Waals surface area contributed by atoms with Gasteiger partial charge in [-0.25, -0.2) is 12.8 Å². The van der Waals surface area contributed by atoms with Crippen LogP contribution in [0.1, 0.15) is 43.4 Å². The van der Waals surface area contributed by atoms with Gasteiger partial charge in [0, 0.05) is 19.5 Å². The highest BCUT2D eigenvalue weighted by Crippen LogP contribution is 2.22. The summed E-state index contributed by atoms with van der Waals surface area (Å²) in [5, 5.41) is 2.91. The molecule has 0 aliphatic heterocycles. The monoisotopic (exact) mass is 420 g/mol. The SMILES string of the molecule is CCc1ccc(CC)c(CNC(=O)CCCN(c2ccccc2F)S(C)(=O)=O)c1. The van der Waals surface area contributed by atoms with Gasteiger partial charge in [-0.05, 0) is 48.1 Å². The zero-order valence-corrected chi connectivity index (χ0v) is 18.1. The average Bonchev–Trinajstić information content (AvgIpc) is 2.69. The lowest BCUT2D eigenvalue weighted by Crippen LogP contribution is -2.32. The molecule has 0 unspecified atom stereocenters. The number of hydrogen-bond acceptors (Lipinski definition) is 3. The summed E-state index contributed by atoms with van der Waals surface area (Å²) in [5.74, 6) is -0.763. The Morgan fingerprint density at radius 3 is 2.41 bits per heavy atom. The Labute approximate surface area is 173 Å². The van der Waals surface area contributed by atoms with E-state index in [1.165, 1.54) is 29.3 Å². The molecule has 2 aromatic carbocycles. The molecule has 0 aliphatic rings. The number of para-hydroxylation sites is 1. The number of sulfonamides is 1. The van der Waals surface area contributed by atoms with Crippen LogP contribution >= 0.6 is 0 Å². The molecule has 0 saturated carbocycles. The van der Waals surface area contributed by atoms with Gasteiger partial charge in [0.15, 0.2) is 0 Å². The molecule has 29 heavy (non-hydrogen) atoms. The second-order valence-corrected chi connectivity index (χ2v) is 8.88. The van der Waals surface area contributed by atoms with E-state index in [0.29, 0.717) is 13.0 Å². The number of anilines is 1. The minimum atomic E-state index is -3.65. The van der Waals surface area contributed by atoms with Crippen LogP contribution < -0.4 is 9.62 Å². The molecule has 158 valence electrons. The fraction of sp³-hybridized carbons (Fsp3) is 0.409. The lowest BCUT2D eigenvalue weighted by atomic mass is 10.0. The first-order chi connectivity index (χ1) is 13.8. The summed E-state index contributed by atoms with van der Waals surface area (Å²) in [6, 6.07) is 12.0. The minimum Gasteiger partial charge on any atom is -0.352 e. The number of hydrogen-bond donors (Lipinski definition) is 1. The average molecular weight is 421 g/mol. The Bertz CT molecular complexity index is 945. The topological polar surface area (TPSA) is 66.5 Å². The van der Waals surface area contributed by atoms with E-state index >= 15 is 0 Å². The van der Waals surface area contributed by atoms with Gasteiger partial charge in [-0.2, -0.15) is 0 Å². The molecule has 0 fully saturated rings. The van der Waals surface area contributed by atoms with Crippen molar-refractivity contribution >= 4 is 21.6 Å². The van der Waals surface area contributed by atoms with Crippen LogP contribution in [0.5, 0.6) is 0 Å². The van der Waals surface area contributed by atoms with Crippen molar-refractivity contribution in [3.8, 4) is 0 Å². The zero-order valence-electron chi connectivity index (χ0n) is 17.2. The molecule has 7 heteroatoms. The first kappa shape index (κ1) is 22.9. The third-order valence-electron chi connectivity index (χ3n) is 4.82. The highest BCUT2D eigenvalue weighted by Gasteiger charge is 2.20. The number of aryl methyl sites for hydroxylation is 2. The van der Waals surface area contributed by atoms with E-state index in [1.807, 2.05) is 0 Å². The highest BCUT2D eigenvalue weighted by atomic mass is 32.2. The molecular formula is C22H29FN2O3S. The van der Waals surface area contributed by atoms with Gasteiger partial charge in [0.2, 0.25) is 15.9 Å². The van der Waals surface area contributed by atoms with E-state index in [0.717, 1.165) is 29.0 Å². The summed E-state index contributed by atoms with van der Waals surface area (Å²) in [5.41, 5.74) is 3.52. The van der Waals surface area contributed by atoms with Crippen LogP contribution in [-0.4, -0.2) is 27.1 Å². The summed E-state index contributed by atoms with van der Waals surface area (Å²) in [6.07, 6.45) is 3.31. The van der Waals surface area contributed by atoms with Gasteiger partial charge in [-0.3, -0.25) is 9.10 Å². The third kappa shape index (κ3) is 6.56. The molecule has 0 heterocycles. The maximum Gasteiger partial charge on any atom is 0.232 e. The maximum atomic E-state index is 14.0. The van der Waals surface area contributed by atoms with E-state index in [4.69, 9.17) is 0 Å². The van der Waals surface area contributed by atoms with Crippen molar-refractivity contribution in [3.05, 3.63) is 65.0 Å². The number of nitrogens with zero attached hydrogens (tertiary/aromatic N) is 1. The summed E-state index contributed by atoms with van der Waals surface area (Å²) < 4.78 is 39.1. The third-order valence-corrected chi connectivity index (χ3v) is 6.00. The number of rotatable bonds is 10. The van der Waals surface area contributed by atoms with Gasteiger partial charge in [0.05, 0.1) is 11.9 Å². The van der Waals surface area contributed by atoms with Crippen molar-refractivity contribution < 1.29 is 17.6 Å². The molecule has 2 rings (SSSR count). The Hall–Kier alpha value is -2.41. The summed E-state index contributed by atoms with van der Waals surface area (Å²) in [6.45, 7) is 4.65. The first-order valence-electron chi connectivity index (χ1n) is 9.85. The molecule has 0 aromatic heterocycles. The quantitative estimate of drug-likeness (QED) is 0.636. The van der Waals surface area contributed by atoms with Crippen molar-refractivity contribution in [2.45, 2.75) is 46.1 Å². The molecule has 1 amide bonds. The predicted molar refractivity (Wildman–Crippen MR) is 115 cm³/mol. The lowest BCUT2D eigenvalue weighted by Gasteiger charge is -2.22. The molecule has 1 N–H and O–H groups in total. The van der Waals surface area contributed by atoms with Crippen LogP contribution in [0.15, 0.2) is 42.5 Å².